The van der Waals surface area contributed by atoms with E-state index in [2.05, 4.69) is 16.4 Å². The average molecular weight is 358 g/mol. The van der Waals surface area contributed by atoms with E-state index in [-0.39, 0.29) is 12.0 Å². The number of rotatable bonds is 5. The van der Waals surface area contributed by atoms with Gasteiger partial charge in [-0.3, -0.25) is 4.79 Å². The van der Waals surface area contributed by atoms with E-state index in [1.807, 2.05) is 18.2 Å². The molecule has 0 unspecified atom stereocenters. The number of nitrogens with zero attached hydrogens (tertiary/aromatic N) is 4. The van der Waals surface area contributed by atoms with Gasteiger partial charge >= 0.3 is 0 Å². The van der Waals surface area contributed by atoms with Crippen LogP contribution in [0.25, 0.3) is 11.0 Å². The second kappa shape index (κ2) is 7.14. The number of hydrogen-bond donors (Lipinski definition) is 0. The zero-order valence-corrected chi connectivity index (χ0v) is 14.2. The Balaban J connectivity index is 1.44. The zero-order chi connectivity index (χ0) is 18.6. The van der Waals surface area contributed by atoms with E-state index in [9.17, 15) is 4.79 Å². The van der Waals surface area contributed by atoms with E-state index in [0.29, 0.717) is 34.5 Å². The lowest BCUT2D eigenvalue weighted by molar-refractivity contribution is 0.301. The van der Waals surface area contributed by atoms with Crippen molar-refractivity contribution < 1.29 is 9.15 Å². The molecule has 0 saturated heterocycles. The quantitative estimate of drug-likeness (QED) is 0.544. The predicted molar refractivity (Wildman–Crippen MR) is 97.1 cm³/mol. The molecule has 0 aliphatic heterocycles. The second-order valence-corrected chi connectivity index (χ2v) is 5.95. The first-order valence-electron chi connectivity index (χ1n) is 8.24. The molecule has 7 heteroatoms. The summed E-state index contributed by atoms with van der Waals surface area (Å²) in [4.78, 5) is 11.7. The molecule has 2 aromatic heterocycles. The van der Waals surface area contributed by atoms with Crippen molar-refractivity contribution in [3.05, 3.63) is 88.0 Å². The number of nitriles is 1. The van der Waals surface area contributed by atoms with E-state index in [1.54, 1.807) is 35.1 Å². The molecule has 0 N–H and O–H groups in total. The topological polar surface area (TPSA) is 93.9 Å². The summed E-state index contributed by atoms with van der Waals surface area (Å²) in [5.41, 5.74) is 2.63. The van der Waals surface area contributed by atoms with Gasteiger partial charge in [-0.2, -0.15) is 5.26 Å². The minimum atomic E-state index is -0.0915. The predicted octanol–water partition coefficient (Wildman–Crippen LogP) is 2.88. The summed E-state index contributed by atoms with van der Waals surface area (Å²) in [5.74, 6) is 0.577. The maximum Gasteiger partial charge on any atom is 0.192 e. The Morgan fingerprint density at radius 1 is 1.19 bits per heavy atom. The largest absolute Gasteiger partial charge is 0.487 e. The highest BCUT2D eigenvalue weighted by molar-refractivity contribution is 5.77. The summed E-state index contributed by atoms with van der Waals surface area (Å²) in [5, 5.41) is 17.7. The fourth-order valence-corrected chi connectivity index (χ4v) is 2.72. The van der Waals surface area contributed by atoms with Gasteiger partial charge in [0, 0.05) is 12.1 Å². The number of hydrogen-bond acceptors (Lipinski definition) is 6. The van der Waals surface area contributed by atoms with Crippen LogP contribution >= 0.6 is 0 Å². The summed E-state index contributed by atoms with van der Waals surface area (Å²) in [6.45, 7) is 0.754. The average Bonchev–Trinajstić information content (AvgIpc) is 3.14. The summed E-state index contributed by atoms with van der Waals surface area (Å²) in [6.07, 6.45) is 3.15. The molecule has 0 atom stereocenters. The van der Waals surface area contributed by atoms with Gasteiger partial charge in [0.05, 0.1) is 36.0 Å². The lowest BCUT2D eigenvalue weighted by Crippen LogP contribution is -2.00. The summed E-state index contributed by atoms with van der Waals surface area (Å²) in [7, 11) is 0. The Hall–Kier alpha value is -3.92. The lowest BCUT2D eigenvalue weighted by Gasteiger charge is -2.04. The molecule has 0 saturated carbocycles. The third-order valence-electron chi connectivity index (χ3n) is 4.01. The molecule has 0 bridgehead atoms. The standard InChI is InChI=1S/C20H14N4O3/c21-10-14-2-1-3-15(8-14)11-24-12-16(22-23-24)13-27-17-4-5-18-19(25)6-7-26-20(18)9-17/h1-9,12H,11,13H2. The molecule has 0 radical (unpaired) electrons. The van der Waals surface area contributed by atoms with Gasteiger partial charge < -0.3 is 9.15 Å². The van der Waals surface area contributed by atoms with Crippen LogP contribution in [0.15, 0.2) is 70.2 Å². The first kappa shape index (κ1) is 16.5. The molecule has 2 aromatic carbocycles. The molecular weight excluding hydrogens is 344 g/mol. The number of fused-ring (bicyclic) bond motifs is 1. The highest BCUT2D eigenvalue weighted by Gasteiger charge is 2.06. The first-order chi connectivity index (χ1) is 13.2. The van der Waals surface area contributed by atoms with Gasteiger partial charge in [0.15, 0.2) is 5.43 Å². The minimum absolute atomic E-state index is 0.0915. The summed E-state index contributed by atoms with van der Waals surface area (Å²) < 4.78 is 12.7. The van der Waals surface area contributed by atoms with Gasteiger partial charge in [-0.25, -0.2) is 4.68 Å². The van der Waals surface area contributed by atoms with Crippen LogP contribution in [0.5, 0.6) is 5.75 Å². The van der Waals surface area contributed by atoms with Crippen molar-refractivity contribution in [2.75, 3.05) is 0 Å². The molecule has 4 aromatic rings. The Morgan fingerprint density at radius 2 is 2.11 bits per heavy atom. The molecule has 7 nitrogen and oxygen atoms in total. The van der Waals surface area contributed by atoms with Crippen LogP contribution < -0.4 is 10.2 Å². The van der Waals surface area contributed by atoms with Gasteiger partial charge in [-0.15, -0.1) is 5.10 Å². The smallest absolute Gasteiger partial charge is 0.192 e. The van der Waals surface area contributed by atoms with Gasteiger partial charge in [-0.05, 0) is 29.8 Å². The van der Waals surface area contributed by atoms with E-state index >= 15 is 0 Å². The van der Waals surface area contributed by atoms with Crippen molar-refractivity contribution in [3.63, 3.8) is 0 Å². The van der Waals surface area contributed by atoms with Crippen LogP contribution in [0.3, 0.4) is 0 Å². The molecule has 132 valence electrons. The SMILES string of the molecule is N#Cc1cccc(Cn2cc(COc3ccc4c(=O)ccoc4c3)nn2)c1. The van der Waals surface area contributed by atoms with Crippen molar-refractivity contribution in [1.82, 2.24) is 15.0 Å². The van der Waals surface area contributed by atoms with Crippen LogP contribution in [0.1, 0.15) is 16.8 Å². The van der Waals surface area contributed by atoms with Crippen LogP contribution in [0.4, 0.5) is 0 Å². The highest BCUT2D eigenvalue weighted by atomic mass is 16.5. The normalized spacial score (nSPS) is 10.6. The minimum Gasteiger partial charge on any atom is -0.487 e. The van der Waals surface area contributed by atoms with Crippen LogP contribution in [-0.4, -0.2) is 15.0 Å². The van der Waals surface area contributed by atoms with Crippen molar-refractivity contribution in [3.8, 4) is 11.8 Å². The Morgan fingerprint density at radius 3 is 3.00 bits per heavy atom. The summed E-state index contributed by atoms with van der Waals surface area (Å²) >= 11 is 0. The van der Waals surface area contributed by atoms with Crippen LogP contribution in [-0.2, 0) is 13.2 Å². The first-order valence-corrected chi connectivity index (χ1v) is 8.24. The second-order valence-electron chi connectivity index (χ2n) is 5.95. The third-order valence-corrected chi connectivity index (χ3v) is 4.01. The fourth-order valence-electron chi connectivity index (χ4n) is 2.72. The molecule has 27 heavy (non-hydrogen) atoms. The fraction of sp³-hybridized carbons (Fsp3) is 0.100. The summed E-state index contributed by atoms with van der Waals surface area (Å²) in [6, 6.07) is 15.9. The highest BCUT2D eigenvalue weighted by Crippen LogP contribution is 2.19. The van der Waals surface area contributed by atoms with Crippen LogP contribution in [0.2, 0.25) is 0 Å². The van der Waals surface area contributed by atoms with Crippen molar-refractivity contribution in [2.45, 2.75) is 13.2 Å². The molecule has 2 heterocycles. The molecule has 0 fully saturated rings. The monoisotopic (exact) mass is 358 g/mol. The third kappa shape index (κ3) is 3.70. The van der Waals surface area contributed by atoms with Crippen LogP contribution in [0, 0.1) is 11.3 Å². The Kier molecular flexibility index (Phi) is 4.37. The zero-order valence-electron chi connectivity index (χ0n) is 14.2. The number of ether oxygens (including phenoxy) is 1. The molecule has 4 rings (SSSR count). The van der Waals surface area contributed by atoms with E-state index in [4.69, 9.17) is 14.4 Å². The number of aromatic nitrogens is 3. The molecule has 0 aliphatic rings. The van der Waals surface area contributed by atoms with Crippen molar-refractivity contribution >= 4 is 11.0 Å². The molecule has 0 amide bonds. The molecular formula is C20H14N4O3. The molecule has 0 spiro atoms. The van der Waals surface area contributed by atoms with Gasteiger partial charge in [0.2, 0.25) is 0 Å². The Bertz CT molecular complexity index is 1200. The van der Waals surface area contributed by atoms with Gasteiger partial charge in [0.25, 0.3) is 0 Å². The van der Waals surface area contributed by atoms with Crippen molar-refractivity contribution in [1.29, 1.82) is 5.26 Å². The Labute approximate surface area is 154 Å². The lowest BCUT2D eigenvalue weighted by atomic mass is 10.1. The maximum absolute atomic E-state index is 11.7. The van der Waals surface area contributed by atoms with E-state index < -0.39 is 0 Å². The van der Waals surface area contributed by atoms with E-state index in [1.165, 1.54) is 12.3 Å². The molecule has 0 aliphatic carbocycles. The van der Waals surface area contributed by atoms with Crippen molar-refractivity contribution in [2.24, 2.45) is 0 Å². The van der Waals surface area contributed by atoms with E-state index in [0.717, 1.165) is 5.56 Å². The number of benzene rings is 2. The maximum atomic E-state index is 11.7. The van der Waals surface area contributed by atoms with Gasteiger partial charge in [0.1, 0.15) is 23.6 Å². The van der Waals surface area contributed by atoms with Gasteiger partial charge in [-0.1, -0.05) is 17.3 Å².